The molecular weight excluding hydrogens is 383 g/mol. The highest BCUT2D eigenvalue weighted by Gasteiger charge is 2.07. The highest BCUT2D eigenvalue weighted by Crippen LogP contribution is 2.23. The zero-order valence-electron chi connectivity index (χ0n) is 17.3. The summed E-state index contributed by atoms with van der Waals surface area (Å²) in [6.45, 7) is 9.00. The van der Waals surface area contributed by atoms with Gasteiger partial charge in [-0.05, 0) is 54.5 Å². The number of esters is 2. The third-order valence-electron chi connectivity index (χ3n) is 4.56. The molecule has 5 heteroatoms. The maximum absolute atomic E-state index is 14.4. The van der Waals surface area contributed by atoms with Gasteiger partial charge < -0.3 is 9.47 Å². The molecule has 0 spiro atoms. The van der Waals surface area contributed by atoms with Gasteiger partial charge in [0.25, 0.3) is 0 Å². The van der Waals surface area contributed by atoms with Crippen LogP contribution in [0.1, 0.15) is 30.9 Å². The minimum Gasteiger partial charge on any atom is -0.462 e. The van der Waals surface area contributed by atoms with Gasteiger partial charge >= 0.3 is 11.9 Å². The number of benzene rings is 2. The van der Waals surface area contributed by atoms with Gasteiger partial charge in [-0.3, -0.25) is 0 Å². The molecule has 0 saturated heterocycles. The van der Waals surface area contributed by atoms with Crippen LogP contribution in [0.2, 0.25) is 0 Å². The molecule has 0 aliphatic heterocycles. The van der Waals surface area contributed by atoms with E-state index in [1.165, 1.54) is 11.6 Å². The van der Waals surface area contributed by atoms with E-state index < -0.39 is 5.97 Å². The van der Waals surface area contributed by atoms with Crippen LogP contribution in [0.5, 0.6) is 0 Å². The van der Waals surface area contributed by atoms with E-state index in [-0.39, 0.29) is 18.4 Å². The Balaban J connectivity index is 1.84. The first-order chi connectivity index (χ1) is 14.4. The Morgan fingerprint density at radius 2 is 1.67 bits per heavy atom. The maximum Gasteiger partial charge on any atom is 0.333 e. The summed E-state index contributed by atoms with van der Waals surface area (Å²) in [7, 11) is 0. The molecule has 0 saturated carbocycles. The lowest BCUT2D eigenvalue weighted by atomic mass is 10.00. The van der Waals surface area contributed by atoms with E-state index in [4.69, 9.17) is 9.47 Å². The number of halogens is 1. The lowest BCUT2D eigenvalue weighted by molar-refractivity contribution is -0.139. The summed E-state index contributed by atoms with van der Waals surface area (Å²) in [6.07, 6.45) is 3.97. The predicted octanol–water partition coefficient (Wildman–Crippen LogP) is 5.21. The van der Waals surface area contributed by atoms with Gasteiger partial charge in [0.2, 0.25) is 0 Å². The van der Waals surface area contributed by atoms with E-state index in [0.29, 0.717) is 24.2 Å². The van der Waals surface area contributed by atoms with Crippen molar-refractivity contribution in [3.63, 3.8) is 0 Å². The quantitative estimate of drug-likeness (QED) is 0.290. The van der Waals surface area contributed by atoms with Crippen LogP contribution in [-0.2, 0) is 31.9 Å². The third kappa shape index (κ3) is 7.32. The normalized spacial score (nSPS) is 10.3. The zero-order valence-corrected chi connectivity index (χ0v) is 17.3. The van der Waals surface area contributed by atoms with Crippen LogP contribution in [0.3, 0.4) is 0 Å². The van der Waals surface area contributed by atoms with Crippen molar-refractivity contribution in [2.24, 2.45) is 0 Å². The standard InChI is InChI=1S/C25H27FO4/c1-4-24(27)29-16-14-21-12-13-22(17-23(21)26)20-10-8-19(9-11-20)7-5-6-15-30-25(28)18(2)3/h4,8-13,17H,1-2,5-7,14-16H2,3H3. The molecule has 0 unspecified atom stereocenters. The summed E-state index contributed by atoms with van der Waals surface area (Å²) in [5.41, 5.74) is 3.80. The Bertz CT molecular complexity index is 900. The lowest BCUT2D eigenvalue weighted by Crippen LogP contribution is -2.06. The van der Waals surface area contributed by atoms with Gasteiger partial charge in [0.15, 0.2) is 0 Å². The Morgan fingerprint density at radius 3 is 2.30 bits per heavy atom. The first-order valence-electron chi connectivity index (χ1n) is 9.90. The predicted molar refractivity (Wildman–Crippen MR) is 115 cm³/mol. The molecule has 2 rings (SSSR count). The molecule has 0 radical (unpaired) electrons. The molecule has 0 atom stereocenters. The van der Waals surface area contributed by atoms with E-state index >= 15 is 0 Å². The summed E-state index contributed by atoms with van der Waals surface area (Å²) >= 11 is 0. The molecule has 0 N–H and O–H groups in total. The highest BCUT2D eigenvalue weighted by atomic mass is 19.1. The summed E-state index contributed by atoms with van der Waals surface area (Å²) < 4.78 is 24.3. The van der Waals surface area contributed by atoms with Gasteiger partial charge in [-0.15, -0.1) is 0 Å². The monoisotopic (exact) mass is 410 g/mol. The van der Waals surface area contributed by atoms with Crippen LogP contribution >= 0.6 is 0 Å². The van der Waals surface area contributed by atoms with Gasteiger partial charge in [-0.2, -0.15) is 0 Å². The van der Waals surface area contributed by atoms with Gasteiger partial charge in [0.1, 0.15) is 5.82 Å². The summed E-state index contributed by atoms with van der Waals surface area (Å²) in [4.78, 5) is 22.4. The summed E-state index contributed by atoms with van der Waals surface area (Å²) in [6, 6.07) is 13.1. The van der Waals surface area contributed by atoms with Crippen LogP contribution < -0.4 is 0 Å². The Hall–Kier alpha value is -3.21. The zero-order chi connectivity index (χ0) is 21.9. The second-order valence-corrected chi connectivity index (χ2v) is 7.00. The molecule has 2 aromatic rings. The van der Waals surface area contributed by atoms with Crippen molar-refractivity contribution in [1.29, 1.82) is 0 Å². The highest BCUT2D eigenvalue weighted by molar-refractivity contribution is 5.86. The van der Waals surface area contributed by atoms with Crippen LogP contribution in [0.25, 0.3) is 11.1 Å². The Morgan fingerprint density at radius 1 is 0.967 bits per heavy atom. The average molecular weight is 410 g/mol. The average Bonchev–Trinajstić information content (AvgIpc) is 2.74. The number of carbonyl (C=O) groups excluding carboxylic acids is 2. The molecule has 0 amide bonds. The number of unbranched alkanes of at least 4 members (excludes halogenated alkanes) is 1. The van der Waals surface area contributed by atoms with E-state index in [1.54, 1.807) is 13.0 Å². The smallest absolute Gasteiger partial charge is 0.333 e. The molecule has 0 fully saturated rings. The van der Waals surface area contributed by atoms with E-state index in [9.17, 15) is 14.0 Å². The molecular formula is C25H27FO4. The van der Waals surface area contributed by atoms with Crippen LogP contribution in [-0.4, -0.2) is 25.2 Å². The van der Waals surface area contributed by atoms with Crippen molar-refractivity contribution >= 4 is 11.9 Å². The molecule has 158 valence electrons. The van der Waals surface area contributed by atoms with E-state index in [2.05, 4.69) is 13.2 Å². The van der Waals surface area contributed by atoms with Crippen LogP contribution in [0.15, 0.2) is 67.3 Å². The Kier molecular flexibility index (Phi) is 9.01. The van der Waals surface area contributed by atoms with E-state index in [1.807, 2.05) is 30.3 Å². The number of aryl methyl sites for hydroxylation is 1. The minimum absolute atomic E-state index is 0.113. The number of hydrogen-bond donors (Lipinski definition) is 0. The number of hydrogen-bond acceptors (Lipinski definition) is 4. The number of rotatable bonds is 11. The third-order valence-corrected chi connectivity index (χ3v) is 4.56. The molecule has 0 aromatic heterocycles. The van der Waals surface area contributed by atoms with Gasteiger partial charge in [0, 0.05) is 18.1 Å². The minimum atomic E-state index is -0.514. The van der Waals surface area contributed by atoms with Gasteiger partial charge in [0.05, 0.1) is 13.2 Å². The van der Waals surface area contributed by atoms with Crippen molar-refractivity contribution in [2.75, 3.05) is 13.2 Å². The van der Waals surface area contributed by atoms with Crippen LogP contribution in [0, 0.1) is 5.82 Å². The summed E-state index contributed by atoms with van der Waals surface area (Å²) in [5.74, 6) is -1.19. The lowest BCUT2D eigenvalue weighted by Gasteiger charge is -2.08. The SMILES string of the molecule is C=CC(=O)OCCc1ccc(-c2ccc(CCCCOC(=O)C(=C)C)cc2)cc1F. The Labute approximate surface area is 177 Å². The molecule has 4 nitrogen and oxygen atoms in total. The maximum atomic E-state index is 14.4. The molecule has 0 aliphatic carbocycles. The van der Waals surface area contributed by atoms with Crippen molar-refractivity contribution in [2.45, 2.75) is 32.6 Å². The second kappa shape index (κ2) is 11.7. The molecule has 0 aliphatic rings. The topological polar surface area (TPSA) is 52.6 Å². The fourth-order valence-corrected chi connectivity index (χ4v) is 2.83. The first-order valence-corrected chi connectivity index (χ1v) is 9.90. The van der Waals surface area contributed by atoms with Gasteiger partial charge in [-0.25, -0.2) is 14.0 Å². The van der Waals surface area contributed by atoms with Crippen molar-refractivity contribution < 1.29 is 23.5 Å². The molecule has 2 aromatic carbocycles. The van der Waals surface area contributed by atoms with Crippen molar-refractivity contribution in [1.82, 2.24) is 0 Å². The van der Waals surface area contributed by atoms with Crippen molar-refractivity contribution in [3.8, 4) is 11.1 Å². The fraction of sp³-hybridized carbons (Fsp3) is 0.280. The van der Waals surface area contributed by atoms with E-state index in [0.717, 1.165) is 36.5 Å². The van der Waals surface area contributed by atoms with Crippen molar-refractivity contribution in [3.05, 3.63) is 84.2 Å². The molecule has 30 heavy (non-hydrogen) atoms. The number of ether oxygens (including phenoxy) is 2. The first kappa shape index (κ1) is 23.1. The van der Waals surface area contributed by atoms with Crippen LogP contribution in [0.4, 0.5) is 4.39 Å². The summed E-state index contributed by atoms with van der Waals surface area (Å²) in [5, 5.41) is 0. The number of carbonyl (C=O) groups is 2. The van der Waals surface area contributed by atoms with Gasteiger partial charge in [-0.1, -0.05) is 49.6 Å². The molecule has 0 heterocycles. The largest absolute Gasteiger partial charge is 0.462 e. The fourth-order valence-electron chi connectivity index (χ4n) is 2.83. The molecule has 0 bridgehead atoms. The second-order valence-electron chi connectivity index (χ2n) is 7.00.